The Balaban J connectivity index is 1.63. The topological polar surface area (TPSA) is 20.3 Å². The SMILES string of the molecule is CC1(C)[C@@]2(C)CC[C@]1(N1C=CC(c3ccccc3)=C[C@@H]1c1ccccc1)SC2=O. The zero-order valence-corrected chi connectivity index (χ0v) is 18.1. The summed E-state index contributed by atoms with van der Waals surface area (Å²) in [6.45, 7) is 6.77. The third kappa shape index (κ3) is 2.46. The van der Waals surface area contributed by atoms with E-state index in [4.69, 9.17) is 0 Å². The van der Waals surface area contributed by atoms with Crippen LogP contribution in [0.3, 0.4) is 0 Å². The Kier molecular flexibility index (Phi) is 4.12. The highest BCUT2D eigenvalue weighted by Gasteiger charge is 2.73. The maximum atomic E-state index is 13.0. The Labute approximate surface area is 177 Å². The second-order valence-electron chi connectivity index (χ2n) is 9.20. The zero-order chi connectivity index (χ0) is 20.3. The fourth-order valence-corrected chi connectivity index (χ4v) is 7.27. The number of carbonyl (C=O) groups excluding carboxylic acids is 1. The van der Waals surface area contributed by atoms with Crippen LogP contribution in [0.15, 0.2) is 79.0 Å². The van der Waals surface area contributed by atoms with Crippen molar-refractivity contribution in [2.75, 3.05) is 0 Å². The Bertz CT molecular complexity index is 1010. The van der Waals surface area contributed by atoms with Crippen molar-refractivity contribution in [2.24, 2.45) is 10.8 Å². The summed E-state index contributed by atoms with van der Waals surface area (Å²) < 4.78 is 0. The van der Waals surface area contributed by atoms with Crippen LogP contribution >= 0.6 is 11.8 Å². The number of carbonyl (C=O) groups is 1. The lowest BCUT2D eigenvalue weighted by Crippen LogP contribution is -2.51. The van der Waals surface area contributed by atoms with Gasteiger partial charge in [-0.3, -0.25) is 4.79 Å². The van der Waals surface area contributed by atoms with Gasteiger partial charge in [0.05, 0.1) is 10.9 Å². The van der Waals surface area contributed by atoms with Crippen LogP contribution < -0.4 is 0 Å². The van der Waals surface area contributed by atoms with Crippen LogP contribution in [0.4, 0.5) is 0 Å². The van der Waals surface area contributed by atoms with E-state index >= 15 is 0 Å². The highest BCUT2D eigenvalue weighted by molar-refractivity contribution is 8.15. The Morgan fingerprint density at radius 2 is 1.59 bits per heavy atom. The quantitative estimate of drug-likeness (QED) is 0.590. The molecule has 2 aromatic rings. The van der Waals surface area contributed by atoms with Gasteiger partial charge in [0.1, 0.15) is 0 Å². The van der Waals surface area contributed by atoms with Gasteiger partial charge in [0.2, 0.25) is 0 Å². The second-order valence-corrected chi connectivity index (χ2v) is 10.4. The van der Waals surface area contributed by atoms with E-state index in [1.807, 2.05) is 0 Å². The highest BCUT2D eigenvalue weighted by Crippen LogP contribution is 2.73. The number of hydrogen-bond donors (Lipinski definition) is 0. The third-order valence-electron chi connectivity index (χ3n) is 7.75. The predicted octanol–water partition coefficient (Wildman–Crippen LogP) is 6.44. The van der Waals surface area contributed by atoms with Gasteiger partial charge in [-0.2, -0.15) is 0 Å². The van der Waals surface area contributed by atoms with Crippen LogP contribution in [-0.4, -0.2) is 14.9 Å². The molecule has 2 bridgehead atoms. The summed E-state index contributed by atoms with van der Waals surface area (Å²) in [5.41, 5.74) is 3.38. The van der Waals surface area contributed by atoms with Crippen LogP contribution in [-0.2, 0) is 4.79 Å². The van der Waals surface area contributed by atoms with Crippen LogP contribution in [0.25, 0.3) is 5.57 Å². The van der Waals surface area contributed by atoms with Gasteiger partial charge in [0, 0.05) is 17.0 Å². The molecule has 3 atom stereocenters. The Morgan fingerprint density at radius 1 is 0.931 bits per heavy atom. The maximum absolute atomic E-state index is 13.0. The molecule has 0 unspecified atom stereocenters. The number of rotatable bonds is 3. The second kappa shape index (κ2) is 6.37. The zero-order valence-electron chi connectivity index (χ0n) is 17.3. The van der Waals surface area contributed by atoms with Gasteiger partial charge in [-0.1, -0.05) is 93.2 Å². The number of hydrogen-bond acceptors (Lipinski definition) is 3. The van der Waals surface area contributed by atoms with E-state index in [-0.39, 0.29) is 21.7 Å². The molecule has 1 aliphatic carbocycles. The monoisotopic (exact) mass is 401 g/mol. The van der Waals surface area contributed by atoms with Gasteiger partial charge in [-0.25, -0.2) is 0 Å². The molecule has 2 aromatic carbocycles. The standard InChI is InChI=1S/C26H27NOS/c1-24(2)25(3)15-16-26(24,29-23(25)28)27-17-14-21(19-10-6-4-7-11-19)18-22(27)20-12-8-5-9-13-20/h4-14,17-18,22H,15-16H2,1-3H3/t22-,25+,26+/m1/s1. The number of fused-ring (bicyclic) bond motifs is 2. The van der Waals surface area contributed by atoms with Crippen molar-refractivity contribution >= 4 is 22.5 Å². The van der Waals surface area contributed by atoms with Gasteiger partial charge in [-0.15, -0.1) is 0 Å². The first-order valence-corrected chi connectivity index (χ1v) is 11.2. The fourth-order valence-electron chi connectivity index (χ4n) is 5.42. The predicted molar refractivity (Wildman–Crippen MR) is 121 cm³/mol. The summed E-state index contributed by atoms with van der Waals surface area (Å²) in [6.07, 6.45) is 8.84. The molecule has 5 rings (SSSR count). The molecule has 2 nitrogen and oxygen atoms in total. The van der Waals surface area contributed by atoms with E-state index in [1.54, 1.807) is 11.8 Å². The molecule has 3 heteroatoms. The minimum absolute atomic E-state index is 0.1000. The first-order chi connectivity index (χ1) is 13.9. The minimum atomic E-state index is -0.254. The summed E-state index contributed by atoms with van der Waals surface area (Å²) in [4.78, 5) is 15.3. The molecule has 1 saturated carbocycles. The molecule has 0 spiro atoms. The van der Waals surface area contributed by atoms with Crippen molar-refractivity contribution in [2.45, 2.75) is 44.5 Å². The van der Waals surface area contributed by atoms with E-state index in [9.17, 15) is 4.79 Å². The maximum Gasteiger partial charge on any atom is 0.197 e. The minimum Gasteiger partial charge on any atom is -0.351 e. The molecule has 29 heavy (non-hydrogen) atoms. The van der Waals surface area contributed by atoms with E-state index in [0.717, 1.165) is 12.8 Å². The van der Waals surface area contributed by atoms with Crippen LogP contribution in [0.5, 0.6) is 0 Å². The lowest BCUT2D eigenvalue weighted by atomic mass is 9.68. The molecule has 0 amide bonds. The summed E-state index contributed by atoms with van der Waals surface area (Å²) in [7, 11) is 0. The highest BCUT2D eigenvalue weighted by atomic mass is 32.2. The summed E-state index contributed by atoms with van der Waals surface area (Å²) in [6, 6.07) is 21.4. The van der Waals surface area contributed by atoms with E-state index in [2.05, 4.69) is 105 Å². The number of allylic oxidation sites excluding steroid dienone is 2. The van der Waals surface area contributed by atoms with Gasteiger partial charge in [-0.05, 0) is 41.7 Å². The van der Waals surface area contributed by atoms with E-state index in [1.165, 1.54) is 16.7 Å². The van der Waals surface area contributed by atoms with Crippen molar-refractivity contribution < 1.29 is 4.79 Å². The van der Waals surface area contributed by atoms with E-state index < -0.39 is 0 Å². The average molecular weight is 402 g/mol. The summed E-state index contributed by atoms with van der Waals surface area (Å²) in [5, 5.41) is 0.354. The normalized spacial score (nSPS) is 32.5. The Hall–Kier alpha value is -2.26. The molecule has 0 aromatic heterocycles. The first-order valence-electron chi connectivity index (χ1n) is 10.4. The van der Waals surface area contributed by atoms with Crippen molar-refractivity contribution in [3.63, 3.8) is 0 Å². The molecule has 0 radical (unpaired) electrons. The van der Waals surface area contributed by atoms with E-state index in [0.29, 0.717) is 5.12 Å². The first kappa shape index (κ1) is 18.7. The summed E-state index contributed by atoms with van der Waals surface area (Å²) in [5.74, 6) is 0. The third-order valence-corrected chi connectivity index (χ3v) is 9.65. The average Bonchev–Trinajstić information content (AvgIpc) is 3.05. The van der Waals surface area contributed by atoms with Gasteiger partial charge >= 0.3 is 0 Å². The molecule has 148 valence electrons. The van der Waals surface area contributed by atoms with Crippen LogP contribution in [0.1, 0.15) is 50.8 Å². The largest absolute Gasteiger partial charge is 0.351 e. The number of nitrogens with zero attached hydrogens (tertiary/aromatic N) is 1. The molecule has 2 aliphatic heterocycles. The van der Waals surface area contributed by atoms with Gasteiger partial charge in [0.25, 0.3) is 0 Å². The van der Waals surface area contributed by atoms with Crippen molar-refractivity contribution in [1.29, 1.82) is 0 Å². The van der Waals surface area contributed by atoms with Crippen molar-refractivity contribution in [3.8, 4) is 0 Å². The van der Waals surface area contributed by atoms with Gasteiger partial charge < -0.3 is 4.90 Å². The number of thioether (sulfide) groups is 1. The molecule has 1 saturated heterocycles. The molecular weight excluding hydrogens is 374 g/mol. The molecule has 0 N–H and O–H groups in total. The van der Waals surface area contributed by atoms with Crippen LogP contribution in [0, 0.1) is 10.8 Å². The van der Waals surface area contributed by atoms with Crippen LogP contribution in [0.2, 0.25) is 0 Å². The van der Waals surface area contributed by atoms with Gasteiger partial charge in [0.15, 0.2) is 5.12 Å². The molecular formula is C26H27NOS. The molecule has 2 fully saturated rings. The van der Waals surface area contributed by atoms with Crippen molar-refractivity contribution in [1.82, 2.24) is 4.90 Å². The smallest absolute Gasteiger partial charge is 0.197 e. The lowest BCUT2D eigenvalue weighted by molar-refractivity contribution is -0.122. The summed E-state index contributed by atoms with van der Waals surface area (Å²) >= 11 is 1.58. The number of benzene rings is 2. The fraction of sp³-hybridized carbons (Fsp3) is 0.346. The molecule has 3 aliphatic rings. The molecule has 2 heterocycles. The Morgan fingerprint density at radius 3 is 2.17 bits per heavy atom. The van der Waals surface area contributed by atoms with Crippen molar-refractivity contribution in [3.05, 3.63) is 90.1 Å². The lowest BCUT2D eigenvalue weighted by Gasteiger charge is -2.50.